The maximum absolute atomic E-state index is 4.60. The molecule has 0 bridgehead atoms. The number of halogens is 1. The normalized spacial score (nSPS) is 11.8. The Morgan fingerprint density at radius 1 is 1.09 bits per heavy atom. The second kappa shape index (κ2) is 5.64. The van der Waals surface area contributed by atoms with Gasteiger partial charge in [-0.25, -0.2) is 0 Å². The van der Waals surface area contributed by atoms with Crippen LogP contribution in [-0.2, 0) is 12.1 Å². The summed E-state index contributed by atoms with van der Waals surface area (Å²) in [4.78, 5) is 1.62. The third-order valence-corrected chi connectivity index (χ3v) is 3.70. The van der Waals surface area contributed by atoms with Gasteiger partial charge in [-0.3, -0.25) is 4.68 Å². The van der Waals surface area contributed by atoms with Crippen LogP contribution >= 0.6 is 15.9 Å². The second-order valence-corrected chi connectivity index (χ2v) is 6.91. The van der Waals surface area contributed by atoms with Crippen LogP contribution in [0.3, 0.4) is 0 Å². The predicted octanol–water partition coefficient (Wildman–Crippen LogP) is 3.10. The van der Waals surface area contributed by atoms with Crippen LogP contribution in [0.4, 0.5) is 0 Å². The van der Waals surface area contributed by atoms with E-state index in [0.717, 1.165) is 15.7 Å². The van der Waals surface area contributed by atoms with E-state index >= 15 is 0 Å². The number of hydrogen-bond acceptors (Lipinski definition) is 4. The van der Waals surface area contributed by atoms with Crippen molar-refractivity contribution in [3.05, 3.63) is 46.8 Å². The maximum Gasteiger partial charge on any atom is 0.196 e. The zero-order valence-corrected chi connectivity index (χ0v) is 14.3. The summed E-state index contributed by atoms with van der Waals surface area (Å²) in [5, 5.41) is 17.2. The van der Waals surface area contributed by atoms with Crippen molar-refractivity contribution in [3.63, 3.8) is 0 Å². The molecule has 2 aromatic heterocycles. The molecule has 0 saturated carbocycles. The van der Waals surface area contributed by atoms with Gasteiger partial charge in [-0.2, -0.15) is 9.90 Å². The standard InChI is InChI=1S/C15H17BrN6/c1-15(2,3)22-18-13(17-20-22)10-21-9-12(16)14(19-21)11-7-5-4-6-8-11/h4-9H,10H2,1-3H3. The third-order valence-electron chi connectivity index (χ3n) is 3.12. The van der Waals surface area contributed by atoms with Crippen molar-refractivity contribution in [2.75, 3.05) is 0 Å². The van der Waals surface area contributed by atoms with Crippen LogP contribution in [0.1, 0.15) is 26.6 Å². The fraction of sp³-hybridized carbons (Fsp3) is 0.333. The molecular formula is C15H17BrN6. The van der Waals surface area contributed by atoms with Gasteiger partial charge in [0.15, 0.2) is 5.82 Å². The average molecular weight is 361 g/mol. The van der Waals surface area contributed by atoms with Crippen molar-refractivity contribution in [1.82, 2.24) is 30.0 Å². The zero-order chi connectivity index (χ0) is 15.7. The smallest absolute Gasteiger partial charge is 0.196 e. The van der Waals surface area contributed by atoms with Crippen molar-refractivity contribution >= 4 is 15.9 Å². The summed E-state index contributed by atoms with van der Waals surface area (Å²) >= 11 is 3.56. The molecule has 0 unspecified atom stereocenters. The number of aromatic nitrogens is 6. The molecule has 7 heteroatoms. The largest absolute Gasteiger partial charge is 0.263 e. The first-order valence-corrected chi connectivity index (χ1v) is 7.80. The Labute approximate surface area is 137 Å². The van der Waals surface area contributed by atoms with Gasteiger partial charge in [-0.15, -0.1) is 10.2 Å². The van der Waals surface area contributed by atoms with Gasteiger partial charge in [0.25, 0.3) is 0 Å². The maximum atomic E-state index is 4.60. The monoisotopic (exact) mass is 360 g/mol. The molecule has 1 aromatic carbocycles. The summed E-state index contributed by atoms with van der Waals surface area (Å²) in [5.41, 5.74) is 1.80. The molecule has 0 atom stereocenters. The molecule has 22 heavy (non-hydrogen) atoms. The SMILES string of the molecule is CC(C)(C)n1nnc(Cn2cc(Br)c(-c3ccccc3)n2)n1. The van der Waals surface area contributed by atoms with Gasteiger partial charge in [0.05, 0.1) is 10.0 Å². The van der Waals surface area contributed by atoms with E-state index in [1.165, 1.54) is 0 Å². The molecule has 0 saturated heterocycles. The van der Waals surface area contributed by atoms with Crippen LogP contribution in [0.15, 0.2) is 41.0 Å². The number of rotatable bonds is 3. The molecule has 0 fully saturated rings. The van der Waals surface area contributed by atoms with E-state index < -0.39 is 0 Å². The quantitative estimate of drug-likeness (QED) is 0.719. The van der Waals surface area contributed by atoms with E-state index in [4.69, 9.17) is 0 Å². The van der Waals surface area contributed by atoms with Crippen LogP contribution in [-0.4, -0.2) is 30.0 Å². The van der Waals surface area contributed by atoms with Gasteiger partial charge in [-0.1, -0.05) is 30.3 Å². The highest BCUT2D eigenvalue weighted by atomic mass is 79.9. The fourth-order valence-electron chi connectivity index (χ4n) is 2.01. The Kier molecular flexibility index (Phi) is 3.82. The molecule has 114 valence electrons. The predicted molar refractivity (Wildman–Crippen MR) is 87.3 cm³/mol. The minimum atomic E-state index is -0.175. The summed E-state index contributed by atoms with van der Waals surface area (Å²) in [7, 11) is 0. The van der Waals surface area contributed by atoms with E-state index in [0.29, 0.717) is 12.4 Å². The third kappa shape index (κ3) is 3.09. The highest BCUT2D eigenvalue weighted by Crippen LogP contribution is 2.26. The van der Waals surface area contributed by atoms with Crippen LogP contribution in [0.2, 0.25) is 0 Å². The molecule has 0 N–H and O–H groups in total. The minimum Gasteiger partial charge on any atom is -0.263 e. The highest BCUT2D eigenvalue weighted by molar-refractivity contribution is 9.10. The number of hydrogen-bond donors (Lipinski definition) is 0. The first-order valence-electron chi connectivity index (χ1n) is 7.01. The van der Waals surface area contributed by atoms with Gasteiger partial charge >= 0.3 is 0 Å². The summed E-state index contributed by atoms with van der Waals surface area (Å²) in [6, 6.07) is 10.1. The van der Waals surface area contributed by atoms with E-state index in [1.54, 1.807) is 4.80 Å². The van der Waals surface area contributed by atoms with Gasteiger partial charge in [-0.05, 0) is 41.9 Å². The Hall–Kier alpha value is -2.02. The molecular weight excluding hydrogens is 344 g/mol. The first-order chi connectivity index (χ1) is 10.4. The molecule has 0 aliphatic carbocycles. The molecule has 3 aromatic rings. The topological polar surface area (TPSA) is 61.4 Å². The van der Waals surface area contributed by atoms with Crippen molar-refractivity contribution in [1.29, 1.82) is 0 Å². The number of tetrazole rings is 1. The second-order valence-electron chi connectivity index (χ2n) is 6.06. The molecule has 3 rings (SSSR count). The summed E-state index contributed by atoms with van der Waals surface area (Å²) in [6.07, 6.45) is 1.93. The highest BCUT2D eigenvalue weighted by Gasteiger charge is 2.17. The van der Waals surface area contributed by atoms with Gasteiger partial charge in [0.2, 0.25) is 0 Å². The van der Waals surface area contributed by atoms with E-state index in [2.05, 4.69) is 36.4 Å². The Morgan fingerprint density at radius 2 is 1.82 bits per heavy atom. The average Bonchev–Trinajstić information content (AvgIpc) is 3.07. The molecule has 6 nitrogen and oxygen atoms in total. The fourth-order valence-corrected chi connectivity index (χ4v) is 2.55. The lowest BCUT2D eigenvalue weighted by molar-refractivity contribution is 0.305. The first kappa shape index (κ1) is 14.9. The minimum absolute atomic E-state index is 0.175. The van der Waals surface area contributed by atoms with E-state index in [-0.39, 0.29) is 5.54 Å². The van der Waals surface area contributed by atoms with Crippen molar-refractivity contribution in [3.8, 4) is 11.3 Å². The van der Waals surface area contributed by atoms with Crippen LogP contribution < -0.4 is 0 Å². The Morgan fingerprint density at radius 3 is 2.45 bits per heavy atom. The molecule has 2 heterocycles. The summed E-state index contributed by atoms with van der Waals surface area (Å²) in [6.45, 7) is 6.60. The lowest BCUT2D eigenvalue weighted by atomic mass is 10.1. The van der Waals surface area contributed by atoms with Crippen molar-refractivity contribution in [2.45, 2.75) is 32.9 Å². The molecule has 0 spiro atoms. The van der Waals surface area contributed by atoms with Crippen molar-refractivity contribution in [2.24, 2.45) is 0 Å². The summed E-state index contributed by atoms with van der Waals surface area (Å²) < 4.78 is 2.76. The van der Waals surface area contributed by atoms with E-state index in [1.807, 2.05) is 62.0 Å². The molecule has 0 aliphatic rings. The van der Waals surface area contributed by atoms with Crippen molar-refractivity contribution < 1.29 is 0 Å². The Balaban J connectivity index is 1.84. The number of benzene rings is 1. The van der Waals surface area contributed by atoms with Crippen LogP contribution in [0.5, 0.6) is 0 Å². The van der Waals surface area contributed by atoms with E-state index in [9.17, 15) is 0 Å². The lowest BCUT2D eigenvalue weighted by Crippen LogP contribution is -2.24. The zero-order valence-electron chi connectivity index (χ0n) is 12.7. The van der Waals surface area contributed by atoms with Crippen LogP contribution in [0.25, 0.3) is 11.3 Å². The number of nitrogens with zero attached hydrogens (tertiary/aromatic N) is 6. The molecule has 0 aliphatic heterocycles. The van der Waals surface area contributed by atoms with Crippen LogP contribution in [0, 0.1) is 0 Å². The summed E-state index contributed by atoms with van der Waals surface area (Å²) in [5.74, 6) is 0.643. The molecule has 0 amide bonds. The molecule has 0 radical (unpaired) electrons. The Bertz CT molecular complexity index is 769. The lowest BCUT2D eigenvalue weighted by Gasteiger charge is -2.15. The van der Waals surface area contributed by atoms with Gasteiger partial charge in [0.1, 0.15) is 12.2 Å². The van der Waals surface area contributed by atoms with Gasteiger partial charge < -0.3 is 0 Å². The van der Waals surface area contributed by atoms with Gasteiger partial charge in [0, 0.05) is 11.8 Å².